The molecule has 2 aliphatic carbocycles. The lowest BCUT2D eigenvalue weighted by molar-refractivity contribution is -0.131. The van der Waals surface area contributed by atoms with Gasteiger partial charge in [-0.25, -0.2) is 18.7 Å². The summed E-state index contributed by atoms with van der Waals surface area (Å²) in [4.78, 5) is 44.1. The van der Waals surface area contributed by atoms with Crippen LogP contribution >= 0.6 is 0 Å². The first-order valence-electron chi connectivity index (χ1n) is 14.1. The van der Waals surface area contributed by atoms with Crippen molar-refractivity contribution in [3.05, 3.63) is 30.5 Å². The van der Waals surface area contributed by atoms with Crippen LogP contribution in [0.2, 0.25) is 0 Å². The predicted octanol–water partition coefficient (Wildman–Crippen LogP) is 2.74. The lowest BCUT2D eigenvalue weighted by atomic mass is 10.1. The van der Waals surface area contributed by atoms with Gasteiger partial charge in [-0.2, -0.15) is 8.42 Å². The van der Waals surface area contributed by atoms with E-state index in [1.807, 2.05) is 24.6 Å². The van der Waals surface area contributed by atoms with E-state index in [0.29, 0.717) is 36.8 Å². The third-order valence-corrected chi connectivity index (χ3v) is 9.40. The van der Waals surface area contributed by atoms with Gasteiger partial charge in [0, 0.05) is 18.0 Å². The number of fused-ring (bicyclic) bond motifs is 1. The molecule has 1 aromatic carbocycles. The quantitative estimate of drug-likeness (QED) is 0.327. The first kappa shape index (κ1) is 29.8. The van der Waals surface area contributed by atoms with Gasteiger partial charge in [0.05, 0.1) is 19.3 Å². The van der Waals surface area contributed by atoms with Crippen LogP contribution in [0.25, 0.3) is 10.8 Å². The fraction of sp³-hybridized carbons (Fsp3) is 0.571. The minimum atomic E-state index is -4.41. The van der Waals surface area contributed by atoms with Crippen LogP contribution in [0.4, 0.5) is 4.79 Å². The third kappa shape index (κ3) is 5.95. The number of carbonyl (C=O) groups is 3. The van der Waals surface area contributed by atoms with Gasteiger partial charge in [0.1, 0.15) is 23.4 Å². The van der Waals surface area contributed by atoms with Gasteiger partial charge in [-0.15, -0.1) is 0 Å². The Hall–Kier alpha value is -3.65. The maximum atomic E-state index is 13.5. The number of nitrogens with zero attached hydrogens (tertiary/aromatic N) is 2. The zero-order chi connectivity index (χ0) is 30.3. The number of hydrogen-bond acceptors (Lipinski definition) is 9. The van der Waals surface area contributed by atoms with Crippen LogP contribution in [0.5, 0.6) is 11.6 Å². The summed E-state index contributed by atoms with van der Waals surface area (Å²) in [6, 6.07) is 6.01. The normalized spacial score (nSPS) is 26.0. The summed E-state index contributed by atoms with van der Waals surface area (Å²) >= 11 is 0. The maximum Gasteiger partial charge on any atom is 0.408 e. The number of ether oxygens (including phenoxy) is 2. The fourth-order valence-corrected chi connectivity index (χ4v) is 7.06. The zero-order valence-electron chi connectivity index (χ0n) is 23.8. The molecule has 13 nitrogen and oxygen atoms in total. The van der Waals surface area contributed by atoms with Gasteiger partial charge in [-0.3, -0.25) is 14.5 Å². The summed E-state index contributed by atoms with van der Waals surface area (Å²) in [6.07, 6.45) is 2.77. The monoisotopic (exact) mass is 604 g/mol. The van der Waals surface area contributed by atoms with Gasteiger partial charge < -0.3 is 19.9 Å². The SMILES string of the molecule is CCCC1(OS(=O)(=O)NC(=O)C2(NC(=O)C3CC(Oc4nccc5cc(OC)ccc45)CN3C(=O)O)CC2CC)CC1. The maximum absolute atomic E-state index is 13.5. The van der Waals surface area contributed by atoms with Crippen LogP contribution < -0.4 is 19.5 Å². The third-order valence-electron chi connectivity index (χ3n) is 8.39. The number of amides is 3. The molecule has 1 saturated heterocycles. The molecular weight excluding hydrogens is 568 g/mol. The van der Waals surface area contributed by atoms with Crippen LogP contribution in [-0.2, 0) is 24.1 Å². The Morgan fingerprint density at radius 1 is 1.19 bits per heavy atom. The summed E-state index contributed by atoms with van der Waals surface area (Å²) in [5.41, 5.74) is -2.26. The van der Waals surface area contributed by atoms with Crippen molar-refractivity contribution >= 4 is 39.0 Å². The van der Waals surface area contributed by atoms with Crippen molar-refractivity contribution in [2.24, 2.45) is 5.92 Å². The first-order chi connectivity index (χ1) is 19.9. The number of carbonyl (C=O) groups excluding carboxylic acids is 2. The Bertz CT molecular complexity index is 1500. The highest BCUT2D eigenvalue weighted by molar-refractivity contribution is 7.85. The number of likely N-dealkylation sites (tertiary alicyclic amines) is 1. The van der Waals surface area contributed by atoms with E-state index in [-0.39, 0.29) is 31.2 Å². The second-order valence-corrected chi connectivity index (χ2v) is 12.6. The lowest BCUT2D eigenvalue weighted by Crippen LogP contribution is -2.56. The van der Waals surface area contributed by atoms with Crippen LogP contribution in [-0.4, -0.2) is 78.3 Å². The van der Waals surface area contributed by atoms with Crippen molar-refractivity contribution in [2.45, 2.75) is 82.1 Å². The molecule has 42 heavy (non-hydrogen) atoms. The molecule has 1 aliphatic heterocycles. The molecule has 3 amide bonds. The lowest BCUT2D eigenvalue weighted by Gasteiger charge is -2.25. The van der Waals surface area contributed by atoms with Crippen molar-refractivity contribution < 1.29 is 41.6 Å². The van der Waals surface area contributed by atoms with Crippen molar-refractivity contribution in [1.29, 1.82) is 0 Å². The second kappa shape index (κ2) is 11.2. The molecule has 2 heterocycles. The minimum Gasteiger partial charge on any atom is -0.497 e. The number of methoxy groups -OCH3 is 1. The predicted molar refractivity (Wildman–Crippen MR) is 150 cm³/mol. The summed E-state index contributed by atoms with van der Waals surface area (Å²) in [5.74, 6) is -0.959. The van der Waals surface area contributed by atoms with E-state index in [9.17, 15) is 27.9 Å². The number of aromatic nitrogens is 1. The van der Waals surface area contributed by atoms with E-state index in [1.165, 1.54) is 0 Å². The number of nitrogens with one attached hydrogen (secondary N) is 2. The van der Waals surface area contributed by atoms with Gasteiger partial charge in [0.25, 0.3) is 5.91 Å². The van der Waals surface area contributed by atoms with Crippen molar-refractivity contribution in [2.75, 3.05) is 13.7 Å². The molecule has 0 bridgehead atoms. The summed E-state index contributed by atoms with van der Waals surface area (Å²) in [7, 11) is -2.85. The van der Waals surface area contributed by atoms with Crippen molar-refractivity contribution in [3.63, 3.8) is 0 Å². The van der Waals surface area contributed by atoms with E-state index in [1.54, 1.807) is 31.5 Å². The average molecular weight is 605 g/mol. The minimum absolute atomic E-state index is 0.0157. The van der Waals surface area contributed by atoms with Crippen LogP contribution in [0.15, 0.2) is 30.5 Å². The van der Waals surface area contributed by atoms with E-state index in [2.05, 4.69) is 10.3 Å². The summed E-state index contributed by atoms with van der Waals surface area (Å²) in [6.45, 7) is 3.65. The Labute approximate surface area is 244 Å². The second-order valence-electron chi connectivity index (χ2n) is 11.3. The topological polar surface area (TPSA) is 173 Å². The van der Waals surface area contributed by atoms with Crippen LogP contribution in [0.3, 0.4) is 0 Å². The van der Waals surface area contributed by atoms with Crippen LogP contribution in [0, 0.1) is 5.92 Å². The fourth-order valence-electron chi connectivity index (χ4n) is 5.89. The first-order valence-corrected chi connectivity index (χ1v) is 15.5. The average Bonchev–Trinajstić information content (AvgIpc) is 3.82. The Kier molecular flexibility index (Phi) is 7.96. The molecule has 228 valence electrons. The van der Waals surface area contributed by atoms with Crippen molar-refractivity contribution in [3.8, 4) is 11.6 Å². The van der Waals surface area contributed by atoms with Gasteiger partial charge in [0.15, 0.2) is 0 Å². The van der Waals surface area contributed by atoms with Gasteiger partial charge in [-0.1, -0.05) is 26.7 Å². The van der Waals surface area contributed by atoms with Gasteiger partial charge >= 0.3 is 16.4 Å². The molecule has 3 fully saturated rings. The summed E-state index contributed by atoms with van der Waals surface area (Å²) in [5, 5.41) is 14.1. The highest BCUT2D eigenvalue weighted by atomic mass is 32.2. The Morgan fingerprint density at radius 3 is 2.57 bits per heavy atom. The molecule has 14 heteroatoms. The summed E-state index contributed by atoms with van der Waals surface area (Å²) < 4.78 is 44.0. The molecule has 0 spiro atoms. The Balaban J connectivity index is 1.29. The van der Waals surface area contributed by atoms with Crippen LogP contribution in [0.1, 0.15) is 58.8 Å². The number of rotatable bonds is 12. The molecule has 0 radical (unpaired) electrons. The van der Waals surface area contributed by atoms with Crippen molar-refractivity contribution in [1.82, 2.24) is 19.9 Å². The number of carboxylic acid groups (broad SMARTS) is 1. The number of pyridine rings is 1. The molecule has 5 rings (SSSR count). The standard InChI is InChI=1S/C28H36N4O9S/c1-4-9-27(10-11-27)41-42(37,38)31-25(34)28(15-18(28)5-2)30-23(33)22-14-20(16-32(22)26(35)36)40-24-21-7-6-19(39-3)13-17(21)8-12-29-24/h6-8,12-13,18,20,22H,4-5,9-11,14-16H2,1-3H3,(H,30,33)(H,31,34)(H,35,36). The molecule has 2 saturated carbocycles. The molecule has 4 unspecified atom stereocenters. The largest absolute Gasteiger partial charge is 0.497 e. The molecule has 3 N–H and O–H groups in total. The molecule has 4 atom stereocenters. The smallest absolute Gasteiger partial charge is 0.408 e. The van der Waals surface area contributed by atoms with E-state index in [0.717, 1.165) is 16.7 Å². The van der Waals surface area contributed by atoms with E-state index < -0.39 is 51.5 Å². The van der Waals surface area contributed by atoms with E-state index in [4.69, 9.17) is 13.7 Å². The highest BCUT2D eigenvalue weighted by Gasteiger charge is 2.62. The molecular formula is C28H36N4O9S. The zero-order valence-corrected chi connectivity index (χ0v) is 24.6. The van der Waals surface area contributed by atoms with Gasteiger partial charge in [0.2, 0.25) is 11.8 Å². The highest BCUT2D eigenvalue weighted by Crippen LogP contribution is 2.47. The number of benzene rings is 1. The number of hydrogen-bond donors (Lipinski definition) is 3. The molecule has 1 aromatic heterocycles. The van der Waals surface area contributed by atoms with E-state index >= 15 is 0 Å². The molecule has 2 aromatic rings. The Morgan fingerprint density at radius 2 is 1.95 bits per heavy atom. The molecule has 3 aliphatic rings. The van der Waals surface area contributed by atoms with Gasteiger partial charge in [-0.05, 0) is 61.3 Å².